The molecular weight excluding hydrogens is 266 g/mol. The van der Waals surface area contributed by atoms with Gasteiger partial charge < -0.3 is 10.2 Å². The van der Waals surface area contributed by atoms with Gasteiger partial charge in [0.15, 0.2) is 0 Å². The summed E-state index contributed by atoms with van der Waals surface area (Å²) in [6.07, 6.45) is -0.0117. The Labute approximate surface area is 121 Å². The van der Waals surface area contributed by atoms with Crippen LogP contribution in [0.2, 0.25) is 0 Å². The van der Waals surface area contributed by atoms with Crippen LogP contribution < -0.4 is 0 Å². The first-order valence-corrected chi connectivity index (χ1v) is 6.53. The number of fused-ring (bicyclic) bond motifs is 1. The van der Waals surface area contributed by atoms with Crippen molar-refractivity contribution in [1.82, 2.24) is 4.98 Å². The number of carbonyl (C=O) groups is 1. The van der Waals surface area contributed by atoms with Crippen LogP contribution in [0.1, 0.15) is 5.56 Å². The molecule has 3 rings (SSSR count). The first-order chi connectivity index (χ1) is 10.1. The van der Waals surface area contributed by atoms with Gasteiger partial charge in [0.2, 0.25) is 0 Å². The number of pyridine rings is 1. The molecule has 0 bridgehead atoms. The second-order valence-electron chi connectivity index (χ2n) is 4.84. The van der Waals surface area contributed by atoms with E-state index >= 15 is 0 Å². The average Bonchev–Trinajstić information content (AvgIpc) is 2.46. The summed E-state index contributed by atoms with van der Waals surface area (Å²) in [5.74, 6) is -0.685. The summed E-state index contributed by atoms with van der Waals surface area (Å²) in [5, 5.41) is 19.3. The SMILES string of the molecule is O=C(O)Cc1cccc(-c2ccc3ccc(O)cc3n2)c1. The highest BCUT2D eigenvalue weighted by atomic mass is 16.4. The zero-order valence-corrected chi connectivity index (χ0v) is 11.2. The van der Waals surface area contributed by atoms with Crippen LogP contribution in [0.15, 0.2) is 54.6 Å². The van der Waals surface area contributed by atoms with Crippen molar-refractivity contribution in [3.63, 3.8) is 0 Å². The normalized spacial score (nSPS) is 10.7. The third-order valence-corrected chi connectivity index (χ3v) is 3.25. The highest BCUT2D eigenvalue weighted by Crippen LogP contribution is 2.24. The summed E-state index contributed by atoms with van der Waals surface area (Å²) in [6, 6.07) is 16.2. The van der Waals surface area contributed by atoms with E-state index in [4.69, 9.17) is 5.11 Å². The second-order valence-corrected chi connectivity index (χ2v) is 4.84. The summed E-state index contributed by atoms with van der Waals surface area (Å²) < 4.78 is 0. The van der Waals surface area contributed by atoms with Crippen molar-refractivity contribution < 1.29 is 15.0 Å². The Kier molecular flexibility index (Phi) is 3.28. The van der Waals surface area contributed by atoms with Gasteiger partial charge >= 0.3 is 5.97 Å². The predicted molar refractivity (Wildman–Crippen MR) is 80.2 cm³/mol. The Morgan fingerprint density at radius 1 is 1.05 bits per heavy atom. The number of aromatic nitrogens is 1. The lowest BCUT2D eigenvalue weighted by Crippen LogP contribution is -1.99. The van der Waals surface area contributed by atoms with Crippen molar-refractivity contribution in [3.05, 3.63) is 60.2 Å². The predicted octanol–water partition coefficient (Wildman–Crippen LogP) is 3.23. The lowest BCUT2D eigenvalue weighted by molar-refractivity contribution is -0.136. The monoisotopic (exact) mass is 279 g/mol. The maximum absolute atomic E-state index is 10.8. The van der Waals surface area contributed by atoms with Crippen molar-refractivity contribution in [2.24, 2.45) is 0 Å². The number of nitrogens with zero attached hydrogens (tertiary/aromatic N) is 1. The van der Waals surface area contributed by atoms with E-state index in [9.17, 15) is 9.90 Å². The van der Waals surface area contributed by atoms with Gasteiger partial charge in [-0.15, -0.1) is 0 Å². The molecule has 1 aromatic heterocycles. The Hall–Kier alpha value is -2.88. The van der Waals surface area contributed by atoms with Gasteiger partial charge in [0, 0.05) is 17.0 Å². The maximum atomic E-state index is 10.8. The fourth-order valence-corrected chi connectivity index (χ4v) is 2.28. The fourth-order valence-electron chi connectivity index (χ4n) is 2.28. The molecule has 1 heterocycles. The van der Waals surface area contributed by atoms with Crippen LogP contribution >= 0.6 is 0 Å². The van der Waals surface area contributed by atoms with Crippen molar-refractivity contribution in [2.45, 2.75) is 6.42 Å². The maximum Gasteiger partial charge on any atom is 0.307 e. The van der Waals surface area contributed by atoms with E-state index in [1.54, 1.807) is 18.2 Å². The third-order valence-electron chi connectivity index (χ3n) is 3.25. The molecule has 0 aliphatic rings. The molecule has 0 aliphatic carbocycles. The minimum Gasteiger partial charge on any atom is -0.508 e. The number of rotatable bonds is 3. The Bertz CT molecular complexity index is 827. The van der Waals surface area contributed by atoms with Crippen LogP contribution in [0.25, 0.3) is 22.2 Å². The number of aromatic hydroxyl groups is 1. The van der Waals surface area contributed by atoms with Crippen LogP contribution in [0, 0.1) is 0 Å². The molecule has 21 heavy (non-hydrogen) atoms. The van der Waals surface area contributed by atoms with E-state index in [1.165, 1.54) is 0 Å². The van der Waals surface area contributed by atoms with Gasteiger partial charge in [-0.3, -0.25) is 4.79 Å². The molecule has 0 atom stereocenters. The molecule has 0 unspecified atom stereocenters. The summed E-state index contributed by atoms with van der Waals surface area (Å²) >= 11 is 0. The largest absolute Gasteiger partial charge is 0.508 e. The molecule has 0 radical (unpaired) electrons. The molecular formula is C17H13NO3. The van der Waals surface area contributed by atoms with Crippen molar-refractivity contribution in [2.75, 3.05) is 0 Å². The highest BCUT2D eigenvalue weighted by Gasteiger charge is 2.05. The highest BCUT2D eigenvalue weighted by molar-refractivity contribution is 5.83. The summed E-state index contributed by atoms with van der Waals surface area (Å²) in [4.78, 5) is 15.3. The first-order valence-electron chi connectivity index (χ1n) is 6.53. The molecule has 4 nitrogen and oxygen atoms in total. The van der Waals surface area contributed by atoms with Gasteiger partial charge in [-0.2, -0.15) is 0 Å². The van der Waals surface area contributed by atoms with Crippen LogP contribution in [0.4, 0.5) is 0 Å². The standard InChI is InChI=1S/C17H13NO3/c19-14-6-4-12-5-7-15(18-16(12)10-14)13-3-1-2-11(8-13)9-17(20)21/h1-8,10,19H,9H2,(H,20,21). The molecule has 0 amide bonds. The second kappa shape index (κ2) is 5.25. The molecule has 0 fully saturated rings. The van der Waals surface area contributed by atoms with Crippen molar-refractivity contribution in [3.8, 4) is 17.0 Å². The number of hydrogen-bond donors (Lipinski definition) is 2. The Morgan fingerprint density at radius 3 is 2.67 bits per heavy atom. The van der Waals surface area contributed by atoms with E-state index in [1.807, 2.05) is 36.4 Å². The van der Waals surface area contributed by atoms with E-state index in [2.05, 4.69) is 4.98 Å². The average molecular weight is 279 g/mol. The molecule has 2 aromatic carbocycles. The molecule has 0 saturated heterocycles. The molecule has 104 valence electrons. The zero-order valence-electron chi connectivity index (χ0n) is 11.2. The molecule has 0 spiro atoms. The first kappa shape index (κ1) is 13.1. The van der Waals surface area contributed by atoms with E-state index < -0.39 is 5.97 Å². The van der Waals surface area contributed by atoms with Crippen LogP contribution in [-0.2, 0) is 11.2 Å². The number of phenolic OH excluding ortho intramolecular Hbond substituents is 1. The van der Waals surface area contributed by atoms with Crippen molar-refractivity contribution in [1.29, 1.82) is 0 Å². The molecule has 0 aliphatic heterocycles. The van der Waals surface area contributed by atoms with Gasteiger partial charge in [-0.1, -0.05) is 24.3 Å². The van der Waals surface area contributed by atoms with Crippen LogP contribution in [0.3, 0.4) is 0 Å². The van der Waals surface area contributed by atoms with E-state index in [0.717, 1.165) is 22.2 Å². The number of carboxylic acid groups (broad SMARTS) is 1. The van der Waals surface area contributed by atoms with Gasteiger partial charge in [0.05, 0.1) is 17.6 Å². The number of hydrogen-bond acceptors (Lipinski definition) is 3. The van der Waals surface area contributed by atoms with Crippen molar-refractivity contribution >= 4 is 16.9 Å². The Balaban J connectivity index is 2.05. The lowest BCUT2D eigenvalue weighted by Gasteiger charge is -2.05. The van der Waals surface area contributed by atoms with E-state index in [0.29, 0.717) is 5.52 Å². The number of aliphatic carboxylic acids is 1. The number of carboxylic acids is 1. The summed E-state index contributed by atoms with van der Waals surface area (Å²) in [5.41, 5.74) is 3.05. The minimum atomic E-state index is -0.858. The smallest absolute Gasteiger partial charge is 0.307 e. The van der Waals surface area contributed by atoms with Gasteiger partial charge in [0.25, 0.3) is 0 Å². The van der Waals surface area contributed by atoms with Gasteiger partial charge in [0.1, 0.15) is 5.75 Å². The summed E-state index contributed by atoms with van der Waals surface area (Å²) in [6.45, 7) is 0. The Morgan fingerprint density at radius 2 is 1.86 bits per heavy atom. The molecule has 4 heteroatoms. The minimum absolute atomic E-state index is 0.0117. The topological polar surface area (TPSA) is 70.4 Å². The number of benzene rings is 2. The zero-order chi connectivity index (χ0) is 14.8. The molecule has 2 N–H and O–H groups in total. The molecule has 0 saturated carbocycles. The van der Waals surface area contributed by atoms with E-state index in [-0.39, 0.29) is 12.2 Å². The third kappa shape index (κ3) is 2.84. The van der Waals surface area contributed by atoms with Crippen LogP contribution in [-0.4, -0.2) is 21.2 Å². The molecule has 3 aromatic rings. The summed E-state index contributed by atoms with van der Waals surface area (Å²) in [7, 11) is 0. The number of phenols is 1. The lowest BCUT2D eigenvalue weighted by atomic mass is 10.0. The van der Waals surface area contributed by atoms with Gasteiger partial charge in [-0.05, 0) is 29.8 Å². The van der Waals surface area contributed by atoms with Gasteiger partial charge in [-0.25, -0.2) is 4.98 Å². The fraction of sp³-hybridized carbons (Fsp3) is 0.0588. The quantitative estimate of drug-likeness (QED) is 0.772. The van der Waals surface area contributed by atoms with Crippen LogP contribution in [0.5, 0.6) is 5.75 Å².